The van der Waals surface area contributed by atoms with Gasteiger partial charge in [-0.15, -0.1) is 0 Å². The van der Waals surface area contributed by atoms with E-state index in [9.17, 15) is 0 Å². The molecule has 1 aromatic carbocycles. The van der Waals surface area contributed by atoms with E-state index in [0.717, 1.165) is 37.4 Å². The van der Waals surface area contributed by atoms with Crippen molar-refractivity contribution in [1.82, 2.24) is 5.32 Å². The molecular weight excluding hydrogens is 238 g/mol. The summed E-state index contributed by atoms with van der Waals surface area (Å²) < 4.78 is 10.7. The van der Waals surface area contributed by atoms with Crippen molar-refractivity contribution in [2.24, 2.45) is 0 Å². The summed E-state index contributed by atoms with van der Waals surface area (Å²) in [6.45, 7) is 7.38. The fourth-order valence-corrected chi connectivity index (χ4v) is 1.81. The molecule has 0 bridgehead atoms. The van der Waals surface area contributed by atoms with Crippen molar-refractivity contribution in [3.8, 4) is 5.75 Å². The number of methoxy groups -OCH3 is 1. The summed E-state index contributed by atoms with van der Waals surface area (Å²) in [4.78, 5) is 0. The van der Waals surface area contributed by atoms with Crippen LogP contribution in [0, 0.1) is 0 Å². The van der Waals surface area contributed by atoms with Gasteiger partial charge in [-0.25, -0.2) is 0 Å². The van der Waals surface area contributed by atoms with Crippen molar-refractivity contribution in [3.63, 3.8) is 0 Å². The van der Waals surface area contributed by atoms with Gasteiger partial charge < -0.3 is 14.8 Å². The molecule has 0 radical (unpaired) electrons. The zero-order chi connectivity index (χ0) is 13.9. The molecule has 0 spiro atoms. The Hall–Kier alpha value is -1.32. The first-order chi connectivity index (χ1) is 9.31. The normalized spacial score (nSPS) is 11.6. The molecule has 0 aliphatic carbocycles. The van der Waals surface area contributed by atoms with E-state index >= 15 is 0 Å². The summed E-state index contributed by atoms with van der Waals surface area (Å²) in [5.74, 6) is 0.952. The molecule has 106 valence electrons. The molecule has 0 amide bonds. The van der Waals surface area contributed by atoms with Gasteiger partial charge in [0.2, 0.25) is 0 Å². The molecule has 0 atom stereocenters. The molecule has 0 aromatic heterocycles. The third-order valence-corrected chi connectivity index (χ3v) is 2.87. The van der Waals surface area contributed by atoms with Gasteiger partial charge in [0.15, 0.2) is 0 Å². The first kappa shape index (κ1) is 15.7. The second-order valence-electron chi connectivity index (χ2n) is 4.30. The summed E-state index contributed by atoms with van der Waals surface area (Å²) in [5.41, 5.74) is 2.51. The monoisotopic (exact) mass is 263 g/mol. The Bertz CT molecular complexity index is 388. The maximum absolute atomic E-state index is 5.64. The quantitative estimate of drug-likeness (QED) is 0.694. The molecule has 0 saturated heterocycles. The summed E-state index contributed by atoms with van der Waals surface area (Å²) >= 11 is 0. The first-order valence-electron chi connectivity index (χ1n) is 6.92. The van der Waals surface area contributed by atoms with Crippen LogP contribution in [0.25, 0.3) is 6.08 Å². The number of hydrogen-bond donors (Lipinski definition) is 1. The van der Waals surface area contributed by atoms with Crippen LogP contribution in [0.1, 0.15) is 25.8 Å². The molecule has 19 heavy (non-hydrogen) atoms. The molecular formula is C16H25NO2. The maximum atomic E-state index is 5.64. The Kier molecular flexibility index (Phi) is 7.94. The van der Waals surface area contributed by atoms with Crippen molar-refractivity contribution in [1.29, 1.82) is 0 Å². The first-order valence-corrected chi connectivity index (χ1v) is 6.92. The van der Waals surface area contributed by atoms with E-state index in [-0.39, 0.29) is 0 Å². The number of nitrogens with one attached hydrogen (secondary N) is 1. The molecule has 0 unspecified atom stereocenters. The van der Waals surface area contributed by atoms with E-state index in [1.165, 1.54) is 5.57 Å². The summed E-state index contributed by atoms with van der Waals surface area (Å²) in [6, 6.07) is 8.15. The highest BCUT2D eigenvalue weighted by Crippen LogP contribution is 2.21. The van der Waals surface area contributed by atoms with Crippen LogP contribution < -0.4 is 10.1 Å². The Morgan fingerprint density at radius 2 is 2.05 bits per heavy atom. The highest BCUT2D eigenvalue weighted by Gasteiger charge is 2.01. The average molecular weight is 263 g/mol. The lowest BCUT2D eigenvalue weighted by molar-refractivity contribution is 0.200. The number of ether oxygens (including phenoxy) is 2. The molecule has 1 N–H and O–H groups in total. The van der Waals surface area contributed by atoms with Crippen molar-refractivity contribution in [2.45, 2.75) is 20.3 Å². The number of hydrogen-bond acceptors (Lipinski definition) is 3. The average Bonchev–Trinajstić information content (AvgIpc) is 2.44. The number of rotatable bonds is 9. The molecule has 0 saturated carbocycles. The van der Waals surface area contributed by atoms with Crippen LogP contribution in [0.15, 0.2) is 29.8 Å². The van der Waals surface area contributed by atoms with Gasteiger partial charge in [0.1, 0.15) is 5.75 Å². The van der Waals surface area contributed by atoms with E-state index < -0.39 is 0 Å². The van der Waals surface area contributed by atoms with Crippen LogP contribution in [-0.2, 0) is 4.74 Å². The van der Waals surface area contributed by atoms with Crippen LogP contribution in [0.4, 0.5) is 0 Å². The van der Waals surface area contributed by atoms with Gasteiger partial charge in [-0.2, -0.15) is 0 Å². The van der Waals surface area contributed by atoms with Crippen molar-refractivity contribution in [3.05, 3.63) is 35.4 Å². The highest BCUT2D eigenvalue weighted by molar-refractivity contribution is 5.60. The smallest absolute Gasteiger partial charge is 0.126 e. The zero-order valence-electron chi connectivity index (χ0n) is 12.2. The fraction of sp³-hybridized carbons (Fsp3) is 0.500. The molecule has 0 heterocycles. The van der Waals surface area contributed by atoms with Gasteiger partial charge in [-0.05, 0) is 19.4 Å². The van der Waals surface area contributed by atoms with Gasteiger partial charge in [0, 0.05) is 25.8 Å². The van der Waals surface area contributed by atoms with Crippen molar-refractivity contribution in [2.75, 3.05) is 33.4 Å². The van der Waals surface area contributed by atoms with Crippen molar-refractivity contribution >= 4 is 6.08 Å². The van der Waals surface area contributed by atoms with Gasteiger partial charge in [-0.3, -0.25) is 0 Å². The molecule has 0 aliphatic heterocycles. The van der Waals surface area contributed by atoms with Crippen LogP contribution in [0.3, 0.4) is 0 Å². The topological polar surface area (TPSA) is 30.5 Å². The largest absolute Gasteiger partial charge is 0.493 e. The molecule has 1 rings (SSSR count). The van der Waals surface area contributed by atoms with E-state index in [4.69, 9.17) is 9.47 Å². The molecule has 3 heteroatoms. The minimum atomic E-state index is 0.693. The lowest BCUT2D eigenvalue weighted by Crippen LogP contribution is -2.21. The van der Waals surface area contributed by atoms with Gasteiger partial charge in [0.05, 0.1) is 13.2 Å². The van der Waals surface area contributed by atoms with Crippen LogP contribution >= 0.6 is 0 Å². The third-order valence-electron chi connectivity index (χ3n) is 2.87. The van der Waals surface area contributed by atoms with Gasteiger partial charge in [0.25, 0.3) is 0 Å². The van der Waals surface area contributed by atoms with E-state index in [0.29, 0.717) is 6.61 Å². The van der Waals surface area contributed by atoms with E-state index in [1.54, 1.807) is 7.11 Å². The molecule has 3 nitrogen and oxygen atoms in total. The van der Waals surface area contributed by atoms with Crippen LogP contribution in [0.5, 0.6) is 5.75 Å². The van der Waals surface area contributed by atoms with E-state index in [2.05, 4.69) is 24.4 Å². The minimum absolute atomic E-state index is 0.693. The van der Waals surface area contributed by atoms with Crippen LogP contribution in [-0.4, -0.2) is 33.4 Å². The Morgan fingerprint density at radius 1 is 1.26 bits per heavy atom. The van der Waals surface area contributed by atoms with Crippen molar-refractivity contribution < 1.29 is 9.47 Å². The summed E-state index contributed by atoms with van der Waals surface area (Å²) in [6.07, 6.45) is 3.24. The Balaban J connectivity index is 2.68. The minimum Gasteiger partial charge on any atom is -0.493 e. The SMILES string of the molecule is CCOc1ccccc1C=C(CC)CNCCOC. The maximum Gasteiger partial charge on any atom is 0.126 e. The standard InChI is InChI=1S/C16H25NO2/c1-4-14(13-17-10-11-18-3)12-15-8-6-7-9-16(15)19-5-2/h6-9,12,17H,4-5,10-11,13H2,1-3H3. The zero-order valence-corrected chi connectivity index (χ0v) is 12.2. The molecule has 1 aromatic rings. The predicted octanol–water partition coefficient (Wildman–Crippen LogP) is 3.11. The van der Waals surface area contributed by atoms with Crippen LogP contribution in [0.2, 0.25) is 0 Å². The highest BCUT2D eigenvalue weighted by atomic mass is 16.5. The van der Waals surface area contributed by atoms with Gasteiger partial charge >= 0.3 is 0 Å². The fourth-order valence-electron chi connectivity index (χ4n) is 1.81. The Morgan fingerprint density at radius 3 is 2.74 bits per heavy atom. The number of para-hydroxylation sites is 1. The predicted molar refractivity (Wildman–Crippen MR) is 80.6 cm³/mol. The third kappa shape index (κ3) is 5.90. The molecule has 0 aliphatic rings. The lowest BCUT2D eigenvalue weighted by Gasteiger charge is -2.10. The molecule has 0 fully saturated rings. The lowest BCUT2D eigenvalue weighted by atomic mass is 10.1. The summed E-state index contributed by atoms with van der Waals surface area (Å²) in [5, 5.41) is 3.37. The van der Waals surface area contributed by atoms with E-state index in [1.807, 2.05) is 25.1 Å². The van der Waals surface area contributed by atoms with Gasteiger partial charge in [-0.1, -0.05) is 36.8 Å². The number of benzene rings is 1. The Labute approximate surface area is 116 Å². The summed E-state index contributed by atoms with van der Waals surface area (Å²) in [7, 11) is 1.72. The second kappa shape index (κ2) is 9.59. The second-order valence-corrected chi connectivity index (χ2v) is 4.30.